The third-order valence-electron chi connectivity index (χ3n) is 5.78. The summed E-state index contributed by atoms with van der Waals surface area (Å²) in [5, 5.41) is 12.3. The average Bonchev–Trinajstić information content (AvgIpc) is 3.38. The SMILES string of the molecule is Cc1cc(C(N)=O)ccc1NC(=O)N1CCC[C@@H]1c1nnc(C)n1Cc1ccc(Cl)cc1. The highest BCUT2D eigenvalue weighted by Gasteiger charge is 2.34. The van der Waals surface area contributed by atoms with Gasteiger partial charge in [0.15, 0.2) is 5.82 Å². The zero-order valence-corrected chi connectivity index (χ0v) is 18.8. The van der Waals surface area contributed by atoms with Crippen molar-refractivity contribution in [3.63, 3.8) is 0 Å². The number of nitrogens with one attached hydrogen (secondary N) is 1. The molecule has 1 atom stereocenters. The van der Waals surface area contributed by atoms with Crippen molar-refractivity contribution in [2.24, 2.45) is 5.73 Å². The van der Waals surface area contributed by atoms with Crippen LogP contribution in [-0.2, 0) is 6.54 Å². The number of aryl methyl sites for hydroxylation is 2. The Hall–Kier alpha value is -3.39. The maximum Gasteiger partial charge on any atom is 0.322 e. The molecule has 9 heteroatoms. The number of aromatic nitrogens is 3. The van der Waals surface area contributed by atoms with Crippen molar-refractivity contribution in [3.8, 4) is 0 Å². The van der Waals surface area contributed by atoms with Gasteiger partial charge in [-0.05, 0) is 68.1 Å². The van der Waals surface area contributed by atoms with Crippen LogP contribution in [0.15, 0.2) is 42.5 Å². The summed E-state index contributed by atoms with van der Waals surface area (Å²) < 4.78 is 2.05. The van der Waals surface area contributed by atoms with Crippen molar-refractivity contribution in [2.75, 3.05) is 11.9 Å². The first-order chi connectivity index (χ1) is 15.3. The fraction of sp³-hybridized carbons (Fsp3) is 0.304. The summed E-state index contributed by atoms with van der Waals surface area (Å²) in [6.45, 7) is 4.97. The Morgan fingerprint density at radius 1 is 1.16 bits per heavy atom. The zero-order valence-electron chi connectivity index (χ0n) is 18.0. The number of hydrogen-bond acceptors (Lipinski definition) is 4. The molecule has 32 heavy (non-hydrogen) atoms. The maximum atomic E-state index is 13.1. The van der Waals surface area contributed by atoms with Gasteiger partial charge >= 0.3 is 6.03 Å². The number of amides is 3. The number of urea groups is 1. The summed E-state index contributed by atoms with van der Waals surface area (Å²) in [5.41, 5.74) is 8.24. The van der Waals surface area contributed by atoms with E-state index in [1.54, 1.807) is 23.1 Å². The van der Waals surface area contributed by atoms with Gasteiger partial charge in [0.2, 0.25) is 5.91 Å². The summed E-state index contributed by atoms with van der Waals surface area (Å²) in [6.07, 6.45) is 1.69. The Kier molecular flexibility index (Phi) is 6.14. The number of carbonyl (C=O) groups excluding carboxylic acids is 2. The maximum absolute atomic E-state index is 13.1. The topological polar surface area (TPSA) is 106 Å². The molecule has 1 fully saturated rings. The van der Waals surface area contributed by atoms with E-state index in [-0.39, 0.29) is 12.1 Å². The van der Waals surface area contributed by atoms with E-state index >= 15 is 0 Å². The predicted molar refractivity (Wildman–Crippen MR) is 123 cm³/mol. The van der Waals surface area contributed by atoms with Gasteiger partial charge in [-0.2, -0.15) is 0 Å². The lowest BCUT2D eigenvalue weighted by Crippen LogP contribution is -2.35. The Balaban J connectivity index is 1.54. The van der Waals surface area contributed by atoms with E-state index in [9.17, 15) is 9.59 Å². The molecular formula is C23H25ClN6O2. The highest BCUT2D eigenvalue weighted by molar-refractivity contribution is 6.30. The lowest BCUT2D eigenvalue weighted by Gasteiger charge is -2.25. The van der Waals surface area contributed by atoms with Gasteiger partial charge in [0.25, 0.3) is 0 Å². The molecule has 3 N–H and O–H groups in total. The summed E-state index contributed by atoms with van der Waals surface area (Å²) in [5.74, 6) is 1.06. The number of primary amides is 1. The second kappa shape index (κ2) is 9.00. The minimum absolute atomic E-state index is 0.173. The Bertz CT molecular complexity index is 1160. The molecule has 0 saturated carbocycles. The van der Waals surface area contributed by atoms with Gasteiger partial charge in [-0.3, -0.25) is 4.79 Å². The molecular weight excluding hydrogens is 428 g/mol. The molecule has 0 bridgehead atoms. The number of benzene rings is 2. The molecule has 2 aromatic carbocycles. The van der Waals surface area contributed by atoms with E-state index in [0.717, 1.165) is 35.6 Å². The third kappa shape index (κ3) is 4.45. The first-order valence-corrected chi connectivity index (χ1v) is 10.8. The molecule has 1 aliphatic rings. The average molecular weight is 453 g/mol. The molecule has 166 valence electrons. The van der Waals surface area contributed by atoms with Crippen LogP contribution in [0, 0.1) is 13.8 Å². The normalized spacial score (nSPS) is 15.7. The molecule has 8 nitrogen and oxygen atoms in total. The zero-order chi connectivity index (χ0) is 22.8. The highest BCUT2D eigenvalue weighted by atomic mass is 35.5. The molecule has 0 unspecified atom stereocenters. The number of likely N-dealkylation sites (tertiary alicyclic amines) is 1. The van der Waals surface area contributed by atoms with Crippen LogP contribution >= 0.6 is 11.6 Å². The lowest BCUT2D eigenvalue weighted by molar-refractivity contribution is 0.1000. The molecule has 0 radical (unpaired) electrons. The van der Waals surface area contributed by atoms with Gasteiger partial charge in [0, 0.05) is 22.8 Å². The van der Waals surface area contributed by atoms with Crippen molar-refractivity contribution < 1.29 is 9.59 Å². The number of nitrogens with zero attached hydrogens (tertiary/aromatic N) is 4. The first-order valence-electron chi connectivity index (χ1n) is 10.5. The molecule has 2 heterocycles. The first kappa shape index (κ1) is 21.8. The molecule has 0 aliphatic carbocycles. The molecule has 1 aliphatic heterocycles. The van der Waals surface area contributed by atoms with Crippen LogP contribution in [0.4, 0.5) is 10.5 Å². The van der Waals surface area contributed by atoms with Crippen LogP contribution in [0.2, 0.25) is 5.02 Å². The van der Waals surface area contributed by atoms with Crippen molar-refractivity contribution in [1.82, 2.24) is 19.7 Å². The Morgan fingerprint density at radius 2 is 1.91 bits per heavy atom. The minimum Gasteiger partial charge on any atom is -0.366 e. The highest BCUT2D eigenvalue weighted by Crippen LogP contribution is 2.32. The molecule has 4 rings (SSSR count). The number of halogens is 1. The van der Waals surface area contributed by atoms with Gasteiger partial charge < -0.3 is 20.5 Å². The van der Waals surface area contributed by atoms with Gasteiger partial charge in [-0.15, -0.1) is 10.2 Å². The van der Waals surface area contributed by atoms with Gasteiger partial charge in [-0.1, -0.05) is 23.7 Å². The Morgan fingerprint density at radius 3 is 2.59 bits per heavy atom. The second-order valence-electron chi connectivity index (χ2n) is 7.99. The van der Waals surface area contributed by atoms with Crippen molar-refractivity contribution in [2.45, 2.75) is 39.3 Å². The molecule has 1 aromatic heterocycles. The Labute approximate surface area is 191 Å². The molecule has 0 spiro atoms. The summed E-state index contributed by atoms with van der Waals surface area (Å²) >= 11 is 6.01. The van der Waals surface area contributed by atoms with E-state index in [1.807, 2.05) is 42.7 Å². The van der Waals surface area contributed by atoms with Crippen molar-refractivity contribution in [1.29, 1.82) is 0 Å². The summed E-state index contributed by atoms with van der Waals surface area (Å²) in [7, 11) is 0. The molecule has 3 amide bonds. The number of rotatable bonds is 5. The number of nitrogens with two attached hydrogens (primary N) is 1. The number of carbonyl (C=O) groups is 2. The molecule has 3 aromatic rings. The van der Waals surface area contributed by atoms with Gasteiger partial charge in [0.05, 0.1) is 12.6 Å². The summed E-state index contributed by atoms with van der Waals surface area (Å²) in [6, 6.07) is 12.3. The largest absolute Gasteiger partial charge is 0.366 e. The second-order valence-corrected chi connectivity index (χ2v) is 8.43. The number of anilines is 1. The van der Waals surface area contributed by atoms with Crippen molar-refractivity contribution in [3.05, 3.63) is 75.8 Å². The van der Waals surface area contributed by atoms with Crippen LogP contribution in [0.5, 0.6) is 0 Å². The minimum atomic E-state index is -0.499. The fourth-order valence-corrected chi connectivity index (χ4v) is 4.16. The van der Waals surface area contributed by atoms with Crippen molar-refractivity contribution >= 4 is 29.2 Å². The monoisotopic (exact) mass is 452 g/mol. The smallest absolute Gasteiger partial charge is 0.322 e. The van der Waals surface area contributed by atoms with Gasteiger partial charge in [0.1, 0.15) is 5.82 Å². The van der Waals surface area contributed by atoms with E-state index in [4.69, 9.17) is 17.3 Å². The lowest BCUT2D eigenvalue weighted by atomic mass is 10.1. The third-order valence-corrected chi connectivity index (χ3v) is 6.03. The van der Waals surface area contributed by atoms with E-state index in [1.165, 1.54) is 0 Å². The predicted octanol–water partition coefficient (Wildman–Crippen LogP) is 4.06. The van der Waals surface area contributed by atoms with Crippen LogP contribution in [0.3, 0.4) is 0 Å². The van der Waals surface area contributed by atoms with Crippen LogP contribution < -0.4 is 11.1 Å². The van der Waals surface area contributed by atoms with E-state index in [2.05, 4.69) is 15.5 Å². The van der Waals surface area contributed by atoms with Gasteiger partial charge in [-0.25, -0.2) is 4.79 Å². The van der Waals surface area contributed by atoms with Crippen LogP contribution in [0.25, 0.3) is 0 Å². The summed E-state index contributed by atoms with van der Waals surface area (Å²) in [4.78, 5) is 26.3. The van der Waals surface area contributed by atoms with Crippen LogP contribution in [-0.4, -0.2) is 38.1 Å². The fourth-order valence-electron chi connectivity index (χ4n) is 4.03. The number of hydrogen-bond donors (Lipinski definition) is 2. The van der Waals surface area contributed by atoms with Crippen LogP contribution in [0.1, 0.15) is 52.0 Å². The molecule has 1 saturated heterocycles. The van der Waals surface area contributed by atoms with E-state index in [0.29, 0.717) is 29.4 Å². The van der Waals surface area contributed by atoms with E-state index < -0.39 is 5.91 Å². The quantitative estimate of drug-likeness (QED) is 0.608. The standard InChI is InChI=1S/C23H25ClN6O2/c1-14-12-17(21(25)31)7-10-19(14)26-23(32)29-11-3-4-20(29)22-28-27-15(2)30(22)13-16-5-8-18(24)9-6-16/h5-10,12,20H,3-4,11,13H2,1-2H3,(H2,25,31)(H,26,32)/t20-/m1/s1.